The highest BCUT2D eigenvalue weighted by molar-refractivity contribution is 6.00. The van der Waals surface area contributed by atoms with Gasteiger partial charge in [-0.3, -0.25) is 0 Å². The van der Waals surface area contributed by atoms with Gasteiger partial charge in [-0.25, -0.2) is 28.2 Å². The molecule has 2 aliphatic heterocycles. The second-order valence-electron chi connectivity index (χ2n) is 9.56. The number of anilines is 3. The van der Waals surface area contributed by atoms with Gasteiger partial charge in [0.05, 0.1) is 36.5 Å². The zero-order valence-electron chi connectivity index (χ0n) is 21.2. The first-order valence-corrected chi connectivity index (χ1v) is 13.0. The second kappa shape index (κ2) is 10.9. The smallest absolute Gasteiger partial charge is 0.323 e. The van der Waals surface area contributed by atoms with E-state index in [-0.39, 0.29) is 11.7 Å². The minimum absolute atomic E-state index is 0.117. The number of carbonyl (C=O) groups is 1. The second-order valence-corrected chi connectivity index (χ2v) is 9.56. The van der Waals surface area contributed by atoms with Gasteiger partial charge in [-0.2, -0.15) is 5.10 Å². The molecule has 0 bridgehead atoms. The van der Waals surface area contributed by atoms with E-state index in [2.05, 4.69) is 20.9 Å². The molecule has 0 aliphatic carbocycles. The average Bonchev–Trinajstić information content (AvgIpc) is 3.39. The van der Waals surface area contributed by atoms with Gasteiger partial charge in [-0.05, 0) is 62.3 Å². The van der Waals surface area contributed by atoms with Crippen molar-refractivity contribution in [3.8, 4) is 11.4 Å². The number of carbonyl (C=O) groups excluding carboxylic acids is 1. The van der Waals surface area contributed by atoms with Crippen molar-refractivity contribution in [1.82, 2.24) is 25.1 Å². The Kier molecular flexibility index (Phi) is 7.03. The molecule has 2 amide bonds. The molecule has 0 saturated carbocycles. The van der Waals surface area contributed by atoms with Crippen LogP contribution in [0.3, 0.4) is 0 Å². The molecule has 2 saturated heterocycles. The molecule has 39 heavy (non-hydrogen) atoms. The van der Waals surface area contributed by atoms with Crippen LogP contribution in [-0.4, -0.2) is 65.2 Å². The minimum atomic E-state index is -0.854. The van der Waals surface area contributed by atoms with Crippen molar-refractivity contribution in [3.05, 3.63) is 60.3 Å². The zero-order chi connectivity index (χ0) is 26.8. The van der Waals surface area contributed by atoms with E-state index in [0.717, 1.165) is 67.5 Å². The number of nitrogens with one attached hydrogen (secondary N) is 3. The standard InChI is InChI=1S/C27H28F2N8O2/c28-18-3-6-23(22(29)15-18)33-27(38)32-19-4-1-17(2-5-19)24-34-25(36-11-13-39-14-12-36)21-16-31-37(26(21)35-24)20-7-9-30-10-8-20/h1-6,15-16,20,30H,7-14H2,(H2,32,33,38). The number of morpholine rings is 1. The summed E-state index contributed by atoms with van der Waals surface area (Å²) in [5.74, 6) is -0.177. The summed E-state index contributed by atoms with van der Waals surface area (Å²) in [5, 5.41) is 14.1. The fourth-order valence-corrected chi connectivity index (χ4v) is 4.95. The number of hydrogen-bond donors (Lipinski definition) is 3. The molecule has 0 radical (unpaired) electrons. The van der Waals surface area contributed by atoms with Crippen LogP contribution in [0, 0.1) is 11.6 Å². The predicted octanol–water partition coefficient (Wildman–Crippen LogP) is 4.18. The third-order valence-corrected chi connectivity index (χ3v) is 6.98. The molecule has 2 aromatic heterocycles. The molecule has 3 N–H and O–H groups in total. The van der Waals surface area contributed by atoms with Crippen LogP contribution >= 0.6 is 0 Å². The number of fused-ring (bicyclic) bond motifs is 1. The van der Waals surface area contributed by atoms with Crippen molar-refractivity contribution in [1.29, 1.82) is 0 Å². The summed E-state index contributed by atoms with van der Waals surface area (Å²) in [4.78, 5) is 24.4. The molecule has 0 unspecified atom stereocenters. The van der Waals surface area contributed by atoms with Crippen molar-refractivity contribution in [2.75, 3.05) is 54.9 Å². The van der Waals surface area contributed by atoms with Crippen LogP contribution in [0.1, 0.15) is 18.9 Å². The molecule has 4 heterocycles. The number of hydrogen-bond acceptors (Lipinski definition) is 7. The van der Waals surface area contributed by atoms with Crippen molar-refractivity contribution in [3.63, 3.8) is 0 Å². The molecule has 4 aromatic rings. The van der Waals surface area contributed by atoms with Gasteiger partial charge in [0, 0.05) is 30.4 Å². The lowest BCUT2D eigenvalue weighted by Gasteiger charge is -2.28. The normalized spacial score (nSPS) is 16.4. The highest BCUT2D eigenvalue weighted by Gasteiger charge is 2.24. The van der Waals surface area contributed by atoms with Crippen LogP contribution < -0.4 is 20.9 Å². The Balaban J connectivity index is 1.27. The van der Waals surface area contributed by atoms with Gasteiger partial charge in [-0.1, -0.05) is 0 Å². The average molecular weight is 535 g/mol. The summed E-state index contributed by atoms with van der Waals surface area (Å²) in [6, 6.07) is 9.67. The lowest BCUT2D eigenvalue weighted by atomic mass is 10.1. The van der Waals surface area contributed by atoms with E-state index in [9.17, 15) is 13.6 Å². The first-order valence-electron chi connectivity index (χ1n) is 13.0. The van der Waals surface area contributed by atoms with Gasteiger partial charge >= 0.3 is 6.03 Å². The maximum absolute atomic E-state index is 13.9. The Bertz CT molecular complexity index is 1480. The number of amides is 2. The zero-order valence-corrected chi connectivity index (χ0v) is 21.2. The lowest BCUT2D eigenvalue weighted by molar-refractivity contribution is 0.122. The lowest BCUT2D eigenvalue weighted by Crippen LogP contribution is -2.37. The third-order valence-electron chi connectivity index (χ3n) is 6.98. The van der Waals surface area contributed by atoms with Crippen molar-refractivity contribution in [2.45, 2.75) is 18.9 Å². The molecule has 2 aliphatic rings. The van der Waals surface area contributed by atoms with Crippen LogP contribution in [0.4, 0.5) is 30.8 Å². The van der Waals surface area contributed by atoms with Crippen molar-refractivity contribution >= 4 is 34.3 Å². The van der Waals surface area contributed by atoms with Crippen LogP contribution in [0.25, 0.3) is 22.4 Å². The van der Waals surface area contributed by atoms with Gasteiger partial charge in [-0.15, -0.1) is 0 Å². The number of urea groups is 1. The van der Waals surface area contributed by atoms with Crippen LogP contribution in [0.2, 0.25) is 0 Å². The summed E-state index contributed by atoms with van der Waals surface area (Å²) >= 11 is 0. The molecule has 2 fully saturated rings. The molecule has 6 rings (SSSR count). The van der Waals surface area contributed by atoms with E-state index in [4.69, 9.17) is 19.8 Å². The summed E-state index contributed by atoms with van der Waals surface area (Å²) < 4.78 is 34.6. The quantitative estimate of drug-likeness (QED) is 0.353. The molecule has 0 spiro atoms. The Morgan fingerprint density at radius 1 is 1.00 bits per heavy atom. The predicted molar refractivity (Wildman–Crippen MR) is 144 cm³/mol. The number of aromatic nitrogens is 4. The van der Waals surface area contributed by atoms with Crippen LogP contribution in [-0.2, 0) is 4.74 Å². The largest absolute Gasteiger partial charge is 0.378 e. The summed E-state index contributed by atoms with van der Waals surface area (Å²) in [7, 11) is 0. The van der Waals surface area contributed by atoms with E-state index >= 15 is 0 Å². The van der Waals surface area contributed by atoms with Crippen molar-refractivity contribution in [2.24, 2.45) is 0 Å². The summed E-state index contributed by atoms with van der Waals surface area (Å²) in [6.45, 7) is 4.61. The maximum atomic E-state index is 13.9. The minimum Gasteiger partial charge on any atom is -0.378 e. The number of rotatable bonds is 5. The van der Waals surface area contributed by atoms with Gasteiger partial charge < -0.3 is 25.6 Å². The van der Waals surface area contributed by atoms with Crippen LogP contribution in [0.15, 0.2) is 48.7 Å². The third kappa shape index (κ3) is 5.38. The number of ether oxygens (including phenoxy) is 1. The van der Waals surface area contributed by atoms with E-state index in [0.29, 0.717) is 30.8 Å². The first-order chi connectivity index (χ1) is 19.0. The van der Waals surface area contributed by atoms with Gasteiger partial charge in [0.1, 0.15) is 17.5 Å². The van der Waals surface area contributed by atoms with E-state index < -0.39 is 17.7 Å². The number of nitrogens with zero attached hydrogens (tertiary/aromatic N) is 5. The number of benzene rings is 2. The fraction of sp³-hybridized carbons (Fsp3) is 0.333. The van der Waals surface area contributed by atoms with Crippen molar-refractivity contribution < 1.29 is 18.3 Å². The van der Waals surface area contributed by atoms with E-state index in [1.54, 1.807) is 12.1 Å². The Morgan fingerprint density at radius 2 is 1.77 bits per heavy atom. The molecular formula is C27H28F2N8O2. The maximum Gasteiger partial charge on any atom is 0.323 e. The van der Waals surface area contributed by atoms with Gasteiger partial charge in [0.2, 0.25) is 0 Å². The molecule has 202 valence electrons. The first kappa shape index (κ1) is 25.1. The Hall–Kier alpha value is -4.16. The monoisotopic (exact) mass is 534 g/mol. The fourth-order valence-electron chi connectivity index (χ4n) is 4.95. The van der Waals surface area contributed by atoms with Crippen LogP contribution in [0.5, 0.6) is 0 Å². The molecule has 2 aromatic carbocycles. The van der Waals surface area contributed by atoms with E-state index in [1.165, 1.54) is 6.07 Å². The molecule has 12 heteroatoms. The Morgan fingerprint density at radius 3 is 2.51 bits per heavy atom. The van der Waals surface area contributed by atoms with E-state index in [1.807, 2.05) is 23.0 Å². The Labute approximate surface area is 223 Å². The summed E-state index contributed by atoms with van der Waals surface area (Å²) in [6.07, 6.45) is 3.82. The highest BCUT2D eigenvalue weighted by Crippen LogP contribution is 2.31. The molecule has 10 nitrogen and oxygen atoms in total. The highest BCUT2D eigenvalue weighted by atomic mass is 19.1. The SMILES string of the molecule is O=C(Nc1ccc(-c2nc(N3CCOCC3)c3cnn(C4CCNCC4)c3n2)cc1)Nc1ccc(F)cc1F. The molecule has 0 atom stereocenters. The number of halogens is 2. The van der Waals surface area contributed by atoms with Gasteiger partial charge in [0.25, 0.3) is 0 Å². The number of piperidine rings is 1. The summed E-state index contributed by atoms with van der Waals surface area (Å²) in [5.41, 5.74) is 1.96. The molecular weight excluding hydrogens is 506 g/mol. The topological polar surface area (TPSA) is 109 Å². The van der Waals surface area contributed by atoms with Gasteiger partial charge in [0.15, 0.2) is 11.5 Å².